The molecule has 5 heteroatoms. The van der Waals surface area contributed by atoms with Crippen molar-refractivity contribution in [2.24, 2.45) is 0 Å². The lowest BCUT2D eigenvalue weighted by Gasteiger charge is -2.09. The SMILES string of the molecule is Oc1ccc(-c2nccn2Cc2cc(F)cc(Br)c2)cc1. The number of aromatic hydroxyl groups is 1. The lowest BCUT2D eigenvalue weighted by atomic mass is 10.2. The van der Waals surface area contributed by atoms with Gasteiger partial charge in [0.1, 0.15) is 17.4 Å². The molecule has 106 valence electrons. The van der Waals surface area contributed by atoms with Gasteiger partial charge < -0.3 is 9.67 Å². The Morgan fingerprint density at radius 2 is 1.90 bits per heavy atom. The summed E-state index contributed by atoms with van der Waals surface area (Å²) in [5.41, 5.74) is 1.74. The van der Waals surface area contributed by atoms with Crippen molar-refractivity contribution in [3.63, 3.8) is 0 Å². The summed E-state index contributed by atoms with van der Waals surface area (Å²) >= 11 is 3.30. The summed E-state index contributed by atoms with van der Waals surface area (Å²) in [5, 5.41) is 9.35. The quantitative estimate of drug-likeness (QED) is 0.771. The number of hydrogen-bond donors (Lipinski definition) is 1. The van der Waals surface area contributed by atoms with Gasteiger partial charge in [-0.15, -0.1) is 0 Å². The van der Waals surface area contributed by atoms with Gasteiger partial charge in [0.25, 0.3) is 0 Å². The molecule has 1 aromatic heterocycles. The highest BCUT2D eigenvalue weighted by Crippen LogP contribution is 2.22. The van der Waals surface area contributed by atoms with E-state index in [1.54, 1.807) is 30.5 Å². The Morgan fingerprint density at radius 1 is 1.14 bits per heavy atom. The highest BCUT2D eigenvalue weighted by Gasteiger charge is 2.07. The first-order chi connectivity index (χ1) is 10.1. The Balaban J connectivity index is 1.94. The number of rotatable bonds is 3. The minimum Gasteiger partial charge on any atom is -0.508 e. The summed E-state index contributed by atoms with van der Waals surface area (Å²) in [6.07, 6.45) is 3.55. The zero-order valence-electron chi connectivity index (χ0n) is 11.0. The van der Waals surface area contributed by atoms with Gasteiger partial charge in [0.05, 0.1) is 0 Å². The van der Waals surface area contributed by atoms with Crippen molar-refractivity contribution in [3.8, 4) is 17.1 Å². The van der Waals surface area contributed by atoms with Gasteiger partial charge in [-0.1, -0.05) is 15.9 Å². The van der Waals surface area contributed by atoms with E-state index in [9.17, 15) is 9.50 Å². The third kappa shape index (κ3) is 3.13. The molecule has 1 N–H and O–H groups in total. The third-order valence-electron chi connectivity index (χ3n) is 3.12. The average Bonchev–Trinajstić information content (AvgIpc) is 2.86. The van der Waals surface area contributed by atoms with Gasteiger partial charge in [-0.05, 0) is 48.0 Å². The monoisotopic (exact) mass is 346 g/mol. The van der Waals surface area contributed by atoms with Crippen molar-refractivity contribution < 1.29 is 9.50 Å². The first-order valence-corrected chi connectivity index (χ1v) is 7.16. The second-order valence-corrected chi connectivity index (χ2v) is 5.62. The molecule has 0 unspecified atom stereocenters. The van der Waals surface area contributed by atoms with E-state index in [1.807, 2.05) is 16.8 Å². The molecule has 0 spiro atoms. The molecule has 0 aliphatic heterocycles. The molecule has 1 heterocycles. The fourth-order valence-corrected chi connectivity index (χ4v) is 2.72. The summed E-state index contributed by atoms with van der Waals surface area (Å²) in [4.78, 5) is 4.33. The first-order valence-electron chi connectivity index (χ1n) is 6.37. The summed E-state index contributed by atoms with van der Waals surface area (Å²) in [6, 6.07) is 11.7. The minimum absolute atomic E-state index is 0.214. The van der Waals surface area contributed by atoms with E-state index in [0.717, 1.165) is 17.0 Å². The largest absolute Gasteiger partial charge is 0.508 e. The van der Waals surface area contributed by atoms with Crippen LogP contribution in [0.1, 0.15) is 5.56 Å². The second kappa shape index (κ2) is 5.69. The van der Waals surface area contributed by atoms with Crippen molar-refractivity contribution in [2.45, 2.75) is 6.54 Å². The van der Waals surface area contributed by atoms with Crippen molar-refractivity contribution in [1.82, 2.24) is 9.55 Å². The molecule has 0 bridgehead atoms. The minimum atomic E-state index is -0.273. The molecule has 3 nitrogen and oxygen atoms in total. The number of halogens is 2. The molecule has 0 radical (unpaired) electrons. The number of imidazole rings is 1. The Labute approximate surface area is 129 Å². The smallest absolute Gasteiger partial charge is 0.140 e. The van der Waals surface area contributed by atoms with E-state index in [4.69, 9.17) is 0 Å². The predicted octanol–water partition coefficient (Wildman–Crippen LogP) is 4.21. The molecule has 2 aromatic carbocycles. The van der Waals surface area contributed by atoms with Crippen LogP contribution in [-0.2, 0) is 6.54 Å². The highest BCUT2D eigenvalue weighted by atomic mass is 79.9. The zero-order valence-corrected chi connectivity index (χ0v) is 12.6. The molecule has 21 heavy (non-hydrogen) atoms. The van der Waals surface area contributed by atoms with Crippen LogP contribution in [0.2, 0.25) is 0 Å². The zero-order chi connectivity index (χ0) is 14.8. The van der Waals surface area contributed by atoms with E-state index in [-0.39, 0.29) is 11.6 Å². The molecule has 0 amide bonds. The average molecular weight is 347 g/mol. The number of phenols is 1. The molecular weight excluding hydrogens is 335 g/mol. The third-order valence-corrected chi connectivity index (χ3v) is 3.57. The Hall–Kier alpha value is -2.14. The van der Waals surface area contributed by atoms with E-state index in [1.165, 1.54) is 12.1 Å². The van der Waals surface area contributed by atoms with Crippen molar-refractivity contribution in [2.75, 3.05) is 0 Å². The van der Waals surface area contributed by atoms with Gasteiger partial charge in [-0.2, -0.15) is 0 Å². The number of hydrogen-bond acceptors (Lipinski definition) is 2. The maximum absolute atomic E-state index is 13.4. The lowest BCUT2D eigenvalue weighted by molar-refractivity contribution is 0.475. The molecule has 0 atom stereocenters. The molecule has 0 saturated carbocycles. The Kier molecular flexibility index (Phi) is 3.75. The maximum atomic E-state index is 13.4. The Bertz CT molecular complexity index is 748. The van der Waals surface area contributed by atoms with Gasteiger partial charge in [0, 0.05) is 29.0 Å². The number of phenolic OH excluding ortho intramolecular Hbond substituents is 1. The molecule has 0 aliphatic rings. The highest BCUT2D eigenvalue weighted by molar-refractivity contribution is 9.10. The summed E-state index contributed by atoms with van der Waals surface area (Å²) in [7, 11) is 0. The van der Waals surface area contributed by atoms with Crippen LogP contribution in [0.15, 0.2) is 59.3 Å². The Morgan fingerprint density at radius 3 is 2.62 bits per heavy atom. The van der Waals surface area contributed by atoms with Gasteiger partial charge in [-0.25, -0.2) is 9.37 Å². The van der Waals surface area contributed by atoms with E-state index in [0.29, 0.717) is 11.0 Å². The van der Waals surface area contributed by atoms with Crippen LogP contribution in [-0.4, -0.2) is 14.7 Å². The molecular formula is C16H12BrFN2O. The van der Waals surface area contributed by atoms with Crippen LogP contribution in [0, 0.1) is 5.82 Å². The summed E-state index contributed by atoms with van der Waals surface area (Å²) < 4.78 is 16.1. The van der Waals surface area contributed by atoms with Gasteiger partial charge in [0.2, 0.25) is 0 Å². The molecule has 0 aliphatic carbocycles. The fourth-order valence-electron chi connectivity index (χ4n) is 2.21. The van der Waals surface area contributed by atoms with Gasteiger partial charge in [-0.3, -0.25) is 0 Å². The van der Waals surface area contributed by atoms with Crippen LogP contribution in [0.25, 0.3) is 11.4 Å². The second-order valence-electron chi connectivity index (χ2n) is 4.70. The van der Waals surface area contributed by atoms with Crippen LogP contribution in [0.4, 0.5) is 4.39 Å². The number of nitrogens with zero attached hydrogens (tertiary/aromatic N) is 2. The standard InChI is InChI=1S/C16H12BrFN2O/c17-13-7-11(8-14(18)9-13)10-20-6-5-19-16(20)12-1-3-15(21)4-2-12/h1-9,21H,10H2. The maximum Gasteiger partial charge on any atom is 0.140 e. The molecule has 3 rings (SSSR count). The van der Waals surface area contributed by atoms with Crippen LogP contribution in [0.3, 0.4) is 0 Å². The van der Waals surface area contributed by atoms with Crippen molar-refractivity contribution in [1.29, 1.82) is 0 Å². The van der Waals surface area contributed by atoms with E-state index >= 15 is 0 Å². The molecule has 0 fully saturated rings. The van der Waals surface area contributed by atoms with Crippen LogP contribution < -0.4 is 0 Å². The predicted molar refractivity (Wildman–Crippen MR) is 82.5 cm³/mol. The molecule has 3 aromatic rings. The molecule has 0 saturated heterocycles. The first kappa shape index (κ1) is 13.8. The topological polar surface area (TPSA) is 38.1 Å². The normalized spacial score (nSPS) is 10.8. The number of benzene rings is 2. The van der Waals surface area contributed by atoms with Crippen LogP contribution in [0.5, 0.6) is 5.75 Å². The van der Waals surface area contributed by atoms with Gasteiger partial charge >= 0.3 is 0 Å². The summed E-state index contributed by atoms with van der Waals surface area (Å²) in [5.74, 6) is 0.715. The van der Waals surface area contributed by atoms with Crippen molar-refractivity contribution >= 4 is 15.9 Å². The van der Waals surface area contributed by atoms with E-state index < -0.39 is 0 Å². The van der Waals surface area contributed by atoms with Crippen LogP contribution >= 0.6 is 15.9 Å². The van der Waals surface area contributed by atoms with Crippen molar-refractivity contribution in [3.05, 3.63) is 70.7 Å². The fraction of sp³-hybridized carbons (Fsp3) is 0.0625. The van der Waals surface area contributed by atoms with E-state index in [2.05, 4.69) is 20.9 Å². The van der Waals surface area contributed by atoms with Gasteiger partial charge in [0.15, 0.2) is 0 Å². The lowest BCUT2D eigenvalue weighted by Crippen LogP contribution is -2.01. The summed E-state index contributed by atoms with van der Waals surface area (Å²) in [6.45, 7) is 0.520. The number of aromatic nitrogens is 2.